The molecule has 0 aliphatic heterocycles. The van der Waals surface area contributed by atoms with Crippen molar-refractivity contribution < 1.29 is 14.5 Å². The summed E-state index contributed by atoms with van der Waals surface area (Å²) in [6.45, 7) is 0. The van der Waals surface area contributed by atoms with Gasteiger partial charge in [-0.05, 0) is 25.3 Å². The normalized spacial score (nSPS) is 21.7. The fourth-order valence-electron chi connectivity index (χ4n) is 2.37. The molecule has 0 bridgehead atoms. The first kappa shape index (κ1) is 14.7. The highest BCUT2D eigenvalue weighted by atomic mass is 35.5. The largest absolute Gasteiger partial charge is 0.379 e. The molecule has 1 aliphatic carbocycles. The Morgan fingerprint density at radius 1 is 1.60 bits per heavy atom. The van der Waals surface area contributed by atoms with Crippen LogP contribution in [-0.2, 0) is 4.74 Å². The van der Waals surface area contributed by atoms with E-state index in [0.29, 0.717) is 0 Å². The van der Waals surface area contributed by atoms with Crippen LogP contribution in [0.5, 0.6) is 0 Å². The average molecular weight is 300 g/mol. The lowest BCUT2D eigenvalue weighted by Crippen LogP contribution is -2.40. The summed E-state index contributed by atoms with van der Waals surface area (Å²) in [4.78, 5) is 26.1. The molecule has 1 aromatic rings. The number of hydrogen-bond donors (Lipinski definition) is 1. The van der Waals surface area contributed by atoms with E-state index in [9.17, 15) is 14.9 Å². The summed E-state index contributed by atoms with van der Waals surface area (Å²) < 4.78 is 5.27. The summed E-state index contributed by atoms with van der Waals surface area (Å²) in [7, 11) is 1.58. The van der Waals surface area contributed by atoms with Crippen molar-refractivity contribution in [3.63, 3.8) is 0 Å². The maximum Gasteiger partial charge on any atom is 0.300 e. The van der Waals surface area contributed by atoms with Gasteiger partial charge in [0.1, 0.15) is 16.9 Å². The van der Waals surface area contributed by atoms with Crippen LogP contribution in [0.2, 0.25) is 5.15 Å². The fraction of sp³-hybridized carbons (Fsp3) is 0.500. The van der Waals surface area contributed by atoms with E-state index in [4.69, 9.17) is 16.3 Å². The van der Waals surface area contributed by atoms with E-state index in [0.717, 1.165) is 25.5 Å². The number of pyridine rings is 1. The van der Waals surface area contributed by atoms with Crippen LogP contribution in [0.4, 0.5) is 5.69 Å². The van der Waals surface area contributed by atoms with Gasteiger partial charge in [0.15, 0.2) is 0 Å². The maximum absolute atomic E-state index is 12.2. The summed E-state index contributed by atoms with van der Waals surface area (Å²) in [6, 6.07) is 1.06. The molecule has 0 aromatic carbocycles. The Hall–Kier alpha value is -1.73. The zero-order valence-corrected chi connectivity index (χ0v) is 11.6. The first-order valence-corrected chi connectivity index (χ1v) is 6.54. The summed E-state index contributed by atoms with van der Waals surface area (Å²) in [5.74, 6) is -0.532. The first-order valence-electron chi connectivity index (χ1n) is 6.16. The van der Waals surface area contributed by atoms with Crippen molar-refractivity contribution in [1.82, 2.24) is 10.3 Å². The molecule has 1 heterocycles. The first-order chi connectivity index (χ1) is 9.52. The Labute approximate surface area is 120 Å². The van der Waals surface area contributed by atoms with Crippen LogP contribution in [0.25, 0.3) is 0 Å². The van der Waals surface area contributed by atoms with Crippen molar-refractivity contribution in [3.8, 4) is 0 Å². The van der Waals surface area contributed by atoms with E-state index < -0.39 is 10.8 Å². The highest BCUT2D eigenvalue weighted by Gasteiger charge is 2.30. The smallest absolute Gasteiger partial charge is 0.300 e. The molecule has 0 spiro atoms. The Morgan fingerprint density at radius 2 is 2.35 bits per heavy atom. The highest BCUT2D eigenvalue weighted by molar-refractivity contribution is 6.29. The topological polar surface area (TPSA) is 94.4 Å². The fourth-order valence-corrected chi connectivity index (χ4v) is 2.53. The quantitative estimate of drug-likeness (QED) is 0.521. The van der Waals surface area contributed by atoms with Gasteiger partial charge in [0.2, 0.25) is 0 Å². The molecule has 7 nitrogen and oxygen atoms in total. The van der Waals surface area contributed by atoms with Crippen LogP contribution in [0, 0.1) is 10.1 Å². The number of methoxy groups -OCH3 is 1. The van der Waals surface area contributed by atoms with Gasteiger partial charge in [0.05, 0.1) is 17.1 Å². The number of aromatic nitrogens is 1. The molecule has 1 amide bonds. The minimum Gasteiger partial charge on any atom is -0.379 e. The van der Waals surface area contributed by atoms with Gasteiger partial charge in [0.25, 0.3) is 11.6 Å². The third-order valence-corrected chi connectivity index (χ3v) is 3.57. The van der Waals surface area contributed by atoms with Crippen LogP contribution in [0.3, 0.4) is 0 Å². The second kappa shape index (κ2) is 6.15. The SMILES string of the molecule is COC1CCCC1NC(=O)c1cc(Cl)ncc1[N+](=O)[O-]. The lowest BCUT2D eigenvalue weighted by molar-refractivity contribution is -0.385. The molecule has 1 N–H and O–H groups in total. The second-order valence-corrected chi connectivity index (χ2v) is 4.95. The van der Waals surface area contributed by atoms with Crippen molar-refractivity contribution in [1.29, 1.82) is 0 Å². The minimum atomic E-state index is -0.652. The number of rotatable bonds is 4. The van der Waals surface area contributed by atoms with Gasteiger partial charge in [-0.15, -0.1) is 0 Å². The van der Waals surface area contributed by atoms with Crippen molar-refractivity contribution >= 4 is 23.2 Å². The molecule has 1 aliphatic rings. The van der Waals surface area contributed by atoms with Gasteiger partial charge in [-0.25, -0.2) is 4.98 Å². The summed E-state index contributed by atoms with van der Waals surface area (Å²) in [5, 5.41) is 13.7. The zero-order chi connectivity index (χ0) is 14.7. The van der Waals surface area contributed by atoms with E-state index in [2.05, 4.69) is 10.3 Å². The number of nitro groups is 1. The van der Waals surface area contributed by atoms with Crippen molar-refractivity contribution in [2.45, 2.75) is 31.4 Å². The summed E-state index contributed by atoms with van der Waals surface area (Å²) >= 11 is 5.70. The standard InChI is InChI=1S/C12H14ClN3O4/c1-20-10-4-2-3-8(10)15-12(17)7-5-11(13)14-6-9(7)16(18)19/h5-6,8,10H,2-4H2,1H3,(H,15,17). The molecule has 2 unspecified atom stereocenters. The number of carbonyl (C=O) groups is 1. The number of carbonyl (C=O) groups excluding carboxylic acids is 1. The molecule has 2 atom stereocenters. The molecule has 8 heteroatoms. The Bertz CT molecular complexity index is 537. The minimum absolute atomic E-state index is 0.0375. The van der Waals surface area contributed by atoms with E-state index in [1.807, 2.05) is 0 Å². The van der Waals surface area contributed by atoms with E-state index in [1.165, 1.54) is 6.07 Å². The maximum atomic E-state index is 12.2. The number of ether oxygens (including phenoxy) is 1. The Balaban J connectivity index is 2.20. The van der Waals surface area contributed by atoms with Crippen molar-refractivity contribution in [2.24, 2.45) is 0 Å². The van der Waals surface area contributed by atoms with E-state index >= 15 is 0 Å². The molecule has 1 aromatic heterocycles. The average Bonchev–Trinajstić information content (AvgIpc) is 2.85. The number of nitrogens with one attached hydrogen (secondary N) is 1. The molecular formula is C12H14ClN3O4. The summed E-state index contributed by atoms with van der Waals surface area (Å²) in [5.41, 5.74) is -0.449. The number of halogens is 1. The van der Waals surface area contributed by atoms with Gasteiger partial charge in [-0.2, -0.15) is 0 Å². The number of amides is 1. The third-order valence-electron chi connectivity index (χ3n) is 3.36. The van der Waals surface area contributed by atoms with Gasteiger partial charge < -0.3 is 10.1 Å². The molecule has 1 saturated carbocycles. The Kier molecular flexibility index (Phi) is 4.51. The van der Waals surface area contributed by atoms with Gasteiger partial charge in [-0.1, -0.05) is 11.6 Å². The van der Waals surface area contributed by atoms with Crippen LogP contribution in [0.1, 0.15) is 29.6 Å². The van der Waals surface area contributed by atoms with Crippen LogP contribution in [0.15, 0.2) is 12.3 Å². The highest BCUT2D eigenvalue weighted by Crippen LogP contribution is 2.24. The van der Waals surface area contributed by atoms with Crippen LogP contribution < -0.4 is 5.32 Å². The predicted octanol–water partition coefficient (Wildman–Crippen LogP) is 1.94. The molecule has 20 heavy (non-hydrogen) atoms. The molecule has 0 saturated heterocycles. The molecular weight excluding hydrogens is 286 g/mol. The van der Waals surface area contributed by atoms with Gasteiger partial charge >= 0.3 is 0 Å². The molecule has 1 fully saturated rings. The van der Waals surface area contributed by atoms with Gasteiger partial charge in [-0.3, -0.25) is 14.9 Å². The monoisotopic (exact) mass is 299 g/mol. The van der Waals surface area contributed by atoms with E-state index in [1.54, 1.807) is 7.11 Å². The Morgan fingerprint density at radius 3 is 3.00 bits per heavy atom. The van der Waals surface area contributed by atoms with E-state index in [-0.39, 0.29) is 28.5 Å². The molecule has 0 radical (unpaired) electrons. The summed E-state index contributed by atoms with van der Waals surface area (Å²) in [6.07, 6.45) is 3.52. The zero-order valence-electron chi connectivity index (χ0n) is 10.8. The predicted molar refractivity (Wildman–Crippen MR) is 71.8 cm³/mol. The lowest BCUT2D eigenvalue weighted by atomic mass is 10.1. The second-order valence-electron chi connectivity index (χ2n) is 4.57. The molecule has 2 rings (SSSR count). The van der Waals surface area contributed by atoms with Crippen LogP contribution in [-0.4, -0.2) is 35.1 Å². The molecule has 108 valence electrons. The third kappa shape index (κ3) is 3.05. The lowest BCUT2D eigenvalue weighted by Gasteiger charge is -2.19. The van der Waals surface area contributed by atoms with Crippen molar-refractivity contribution in [2.75, 3.05) is 7.11 Å². The van der Waals surface area contributed by atoms with Gasteiger partial charge in [0, 0.05) is 7.11 Å². The number of nitrogens with zero attached hydrogens (tertiary/aromatic N) is 2. The number of hydrogen-bond acceptors (Lipinski definition) is 5. The van der Waals surface area contributed by atoms with Crippen molar-refractivity contribution in [3.05, 3.63) is 33.1 Å². The van der Waals surface area contributed by atoms with Crippen LogP contribution >= 0.6 is 11.6 Å².